The molecule has 9 heteroatoms. The first-order valence-corrected chi connectivity index (χ1v) is 16.6. The molecule has 0 radical (unpaired) electrons. The van der Waals surface area contributed by atoms with Gasteiger partial charge in [-0.2, -0.15) is 8.42 Å². The molecule has 0 saturated carbocycles. The second kappa shape index (κ2) is 15.6. The van der Waals surface area contributed by atoms with E-state index in [2.05, 4.69) is 141 Å². The SMILES string of the molecule is Cc1ccc(COC(c2ccccc2)C(C(C)C)N2C=CN(C(c3ccccc3)c3ccc(Cl)cc3)C2)cc1C.O=S(=O)(O)O. The van der Waals surface area contributed by atoms with Gasteiger partial charge in [-0.15, -0.1) is 0 Å². The van der Waals surface area contributed by atoms with Crippen molar-refractivity contribution in [2.75, 3.05) is 6.67 Å². The Hall–Kier alpha value is -3.66. The minimum absolute atomic E-state index is 0.0826. The van der Waals surface area contributed by atoms with Crippen LogP contribution in [0.15, 0.2) is 116 Å². The van der Waals surface area contributed by atoms with E-state index in [4.69, 9.17) is 33.9 Å². The lowest BCUT2D eigenvalue weighted by atomic mass is 9.92. The van der Waals surface area contributed by atoms with Gasteiger partial charge in [-0.3, -0.25) is 9.11 Å². The molecule has 3 atom stereocenters. The molecule has 5 rings (SSSR count). The van der Waals surface area contributed by atoms with Crippen LogP contribution in [0, 0.1) is 19.8 Å². The van der Waals surface area contributed by atoms with Crippen molar-refractivity contribution in [3.8, 4) is 0 Å². The molecule has 0 amide bonds. The fourth-order valence-corrected chi connectivity index (χ4v) is 5.82. The summed E-state index contributed by atoms with van der Waals surface area (Å²) in [7, 11) is -4.67. The lowest BCUT2D eigenvalue weighted by Crippen LogP contribution is -2.43. The van der Waals surface area contributed by atoms with E-state index in [0.717, 1.165) is 11.7 Å². The zero-order valence-corrected chi connectivity index (χ0v) is 27.6. The van der Waals surface area contributed by atoms with E-state index in [0.29, 0.717) is 12.5 Å². The first kappa shape index (κ1) is 34.2. The van der Waals surface area contributed by atoms with Crippen molar-refractivity contribution in [3.05, 3.63) is 154 Å². The standard InChI is InChI=1S/C36H39ClN2O.H2O4S/c1-26(2)34(36(32-13-9-6-10-14-32)40-24-29-16-15-27(3)28(4)23-29)38-21-22-39(25-38)35(30-11-7-5-8-12-30)31-17-19-33(37)20-18-31;1-5(2,3)4/h5-23,26,34-36H,24-25H2,1-4H3;(H2,1,2,3,4). The van der Waals surface area contributed by atoms with Gasteiger partial charge < -0.3 is 14.5 Å². The molecule has 0 fully saturated rings. The summed E-state index contributed by atoms with van der Waals surface area (Å²) < 4.78 is 38.4. The van der Waals surface area contributed by atoms with Crippen LogP contribution in [0.25, 0.3) is 0 Å². The van der Waals surface area contributed by atoms with Crippen LogP contribution in [0.2, 0.25) is 5.02 Å². The maximum absolute atomic E-state index is 8.74. The fourth-order valence-electron chi connectivity index (χ4n) is 5.69. The van der Waals surface area contributed by atoms with E-state index in [1.54, 1.807) is 0 Å². The van der Waals surface area contributed by atoms with Crippen molar-refractivity contribution in [3.63, 3.8) is 0 Å². The second-order valence-electron chi connectivity index (χ2n) is 11.6. The Morgan fingerprint density at radius 1 is 0.756 bits per heavy atom. The Bertz CT molecular complexity index is 1640. The van der Waals surface area contributed by atoms with Gasteiger partial charge >= 0.3 is 10.4 Å². The van der Waals surface area contributed by atoms with Crippen LogP contribution in [0.5, 0.6) is 0 Å². The maximum atomic E-state index is 8.74. The largest absolute Gasteiger partial charge is 0.394 e. The minimum atomic E-state index is -4.67. The monoisotopic (exact) mass is 648 g/mol. The highest BCUT2D eigenvalue weighted by Crippen LogP contribution is 2.37. The highest BCUT2D eigenvalue weighted by molar-refractivity contribution is 7.79. The molecule has 1 aliphatic rings. The molecule has 0 spiro atoms. The summed E-state index contributed by atoms with van der Waals surface area (Å²) in [5.41, 5.74) is 7.48. The van der Waals surface area contributed by atoms with Crippen LogP contribution in [-0.4, -0.2) is 40.0 Å². The number of nitrogens with zero attached hydrogens (tertiary/aromatic N) is 2. The van der Waals surface area contributed by atoms with E-state index in [1.165, 1.54) is 33.4 Å². The number of ether oxygens (including phenoxy) is 1. The molecule has 1 aliphatic heterocycles. The molecule has 0 saturated heterocycles. The summed E-state index contributed by atoms with van der Waals surface area (Å²) in [4.78, 5) is 4.87. The molecule has 1 heterocycles. The van der Waals surface area contributed by atoms with Crippen molar-refractivity contribution >= 4 is 22.0 Å². The second-order valence-corrected chi connectivity index (χ2v) is 12.9. The van der Waals surface area contributed by atoms with Gasteiger partial charge in [0.05, 0.1) is 25.4 Å². The first-order chi connectivity index (χ1) is 21.4. The Kier molecular flexibility index (Phi) is 11.8. The first-order valence-electron chi connectivity index (χ1n) is 14.8. The van der Waals surface area contributed by atoms with Crippen LogP contribution in [0.1, 0.15) is 59.4 Å². The molecule has 7 nitrogen and oxygen atoms in total. The Morgan fingerprint density at radius 2 is 1.29 bits per heavy atom. The van der Waals surface area contributed by atoms with Gasteiger partial charge in [0.15, 0.2) is 0 Å². The minimum Gasteiger partial charge on any atom is -0.367 e. The maximum Gasteiger partial charge on any atom is 0.394 e. The van der Waals surface area contributed by atoms with Crippen LogP contribution in [0.3, 0.4) is 0 Å². The number of hydrogen-bond donors (Lipinski definition) is 2. The van der Waals surface area contributed by atoms with E-state index < -0.39 is 10.4 Å². The average molecular weight is 649 g/mol. The van der Waals surface area contributed by atoms with Crippen LogP contribution in [0.4, 0.5) is 0 Å². The normalized spacial score (nSPS) is 15.0. The molecule has 3 unspecified atom stereocenters. The van der Waals surface area contributed by atoms with E-state index in [-0.39, 0.29) is 18.2 Å². The van der Waals surface area contributed by atoms with Gasteiger partial charge in [-0.1, -0.05) is 116 Å². The smallest absolute Gasteiger partial charge is 0.367 e. The Morgan fingerprint density at radius 3 is 1.84 bits per heavy atom. The van der Waals surface area contributed by atoms with Crippen LogP contribution >= 0.6 is 11.6 Å². The topological polar surface area (TPSA) is 90.3 Å². The molecular formula is C36H41ClN2O5S. The summed E-state index contributed by atoms with van der Waals surface area (Å²) in [5, 5.41) is 0.751. The summed E-state index contributed by atoms with van der Waals surface area (Å²) in [6, 6.07) is 36.4. The number of halogens is 1. The highest BCUT2D eigenvalue weighted by Gasteiger charge is 2.35. The van der Waals surface area contributed by atoms with Crippen molar-refractivity contribution < 1.29 is 22.3 Å². The molecule has 238 valence electrons. The third-order valence-corrected chi connectivity index (χ3v) is 8.17. The molecular weight excluding hydrogens is 608 g/mol. The molecule has 2 N–H and O–H groups in total. The number of rotatable bonds is 10. The highest BCUT2D eigenvalue weighted by atomic mass is 35.5. The quantitative estimate of drug-likeness (QED) is 0.167. The predicted molar refractivity (Wildman–Crippen MR) is 180 cm³/mol. The summed E-state index contributed by atoms with van der Waals surface area (Å²) >= 11 is 6.26. The van der Waals surface area contributed by atoms with E-state index >= 15 is 0 Å². The van der Waals surface area contributed by atoms with Gasteiger partial charge in [0.25, 0.3) is 0 Å². The summed E-state index contributed by atoms with van der Waals surface area (Å²) in [6.07, 6.45) is 4.39. The zero-order chi connectivity index (χ0) is 32.6. The molecule has 0 aromatic heterocycles. The number of aryl methyl sites for hydroxylation is 2. The molecule has 4 aromatic carbocycles. The van der Waals surface area contributed by atoms with Gasteiger partial charge in [0.1, 0.15) is 6.10 Å². The average Bonchev–Trinajstić information content (AvgIpc) is 3.47. The fraction of sp³-hybridized carbons (Fsp3) is 0.278. The van der Waals surface area contributed by atoms with Crippen molar-refractivity contribution in [2.45, 2.75) is 52.5 Å². The third-order valence-electron chi connectivity index (χ3n) is 7.91. The lowest BCUT2D eigenvalue weighted by Gasteiger charge is -2.39. The van der Waals surface area contributed by atoms with Crippen LogP contribution < -0.4 is 0 Å². The van der Waals surface area contributed by atoms with Gasteiger partial charge in [0, 0.05) is 17.4 Å². The van der Waals surface area contributed by atoms with Gasteiger partial charge in [-0.05, 0) is 65.3 Å². The van der Waals surface area contributed by atoms with Gasteiger partial charge in [-0.25, -0.2) is 0 Å². The summed E-state index contributed by atoms with van der Waals surface area (Å²) in [5.74, 6) is 0.361. The van der Waals surface area contributed by atoms with E-state index in [1.807, 2.05) is 12.1 Å². The number of benzene rings is 4. The Labute approximate surface area is 272 Å². The third kappa shape index (κ3) is 9.91. The van der Waals surface area contributed by atoms with E-state index in [9.17, 15) is 0 Å². The molecule has 45 heavy (non-hydrogen) atoms. The Balaban J connectivity index is 0.000000854. The molecule has 4 aromatic rings. The van der Waals surface area contributed by atoms with Crippen molar-refractivity contribution in [2.24, 2.45) is 5.92 Å². The number of hydrogen-bond acceptors (Lipinski definition) is 5. The lowest BCUT2D eigenvalue weighted by molar-refractivity contribution is -0.0339. The molecule has 0 bridgehead atoms. The summed E-state index contributed by atoms with van der Waals surface area (Å²) in [6.45, 7) is 10.2. The molecule has 0 aliphatic carbocycles. The van der Waals surface area contributed by atoms with Crippen molar-refractivity contribution in [1.29, 1.82) is 0 Å². The van der Waals surface area contributed by atoms with Crippen molar-refractivity contribution in [1.82, 2.24) is 9.80 Å². The zero-order valence-electron chi connectivity index (χ0n) is 26.0. The van der Waals surface area contributed by atoms with Gasteiger partial charge in [0.2, 0.25) is 0 Å². The predicted octanol–water partition coefficient (Wildman–Crippen LogP) is 8.42. The van der Waals surface area contributed by atoms with Crippen LogP contribution in [-0.2, 0) is 21.7 Å².